The van der Waals surface area contributed by atoms with Crippen molar-refractivity contribution in [2.75, 3.05) is 6.54 Å². The maximum absolute atomic E-state index is 5.79. The fraction of sp³-hybridized carbons (Fsp3) is 0.667. The van der Waals surface area contributed by atoms with Crippen LogP contribution in [0.1, 0.15) is 48.9 Å². The number of nitrogens with zero attached hydrogens (tertiary/aromatic N) is 5. The van der Waals surface area contributed by atoms with Crippen molar-refractivity contribution in [2.45, 2.75) is 57.7 Å². The van der Waals surface area contributed by atoms with Crippen LogP contribution in [-0.4, -0.2) is 37.5 Å². The summed E-state index contributed by atoms with van der Waals surface area (Å²) in [6.45, 7) is 4.89. The summed E-state index contributed by atoms with van der Waals surface area (Å²) in [5.74, 6) is 2.14. The van der Waals surface area contributed by atoms with Gasteiger partial charge >= 0.3 is 0 Å². The Kier molecular flexibility index (Phi) is 3.25. The molecule has 2 fully saturated rings. The van der Waals surface area contributed by atoms with Crippen LogP contribution in [0, 0.1) is 6.92 Å². The van der Waals surface area contributed by atoms with Crippen LogP contribution in [0.4, 0.5) is 0 Å². The largest absolute Gasteiger partial charge is 0.424 e. The van der Waals surface area contributed by atoms with Crippen LogP contribution in [0.3, 0.4) is 0 Å². The van der Waals surface area contributed by atoms with Gasteiger partial charge in [-0.25, -0.2) is 0 Å². The Labute approximate surface area is 124 Å². The first-order valence-corrected chi connectivity index (χ1v) is 7.83. The van der Waals surface area contributed by atoms with Crippen LogP contribution in [0.5, 0.6) is 0 Å². The summed E-state index contributed by atoms with van der Waals surface area (Å²) in [6, 6.07) is 0.514. The average molecular weight is 287 g/mol. The van der Waals surface area contributed by atoms with E-state index in [1.807, 2.05) is 10.9 Å². The van der Waals surface area contributed by atoms with Crippen molar-refractivity contribution in [3.05, 3.63) is 29.7 Å². The number of aromatic nitrogens is 4. The normalized spacial score (nSPS) is 23.0. The molecule has 1 atom stereocenters. The SMILES string of the molecule is Cc1cnn(C[C@@H]2CCCN2Cc2nnc(C3CC3)o2)c1. The Hall–Kier alpha value is -1.69. The lowest BCUT2D eigenvalue weighted by molar-refractivity contribution is 0.198. The van der Waals surface area contributed by atoms with Crippen LogP contribution >= 0.6 is 0 Å². The molecule has 0 radical (unpaired) electrons. The zero-order valence-electron chi connectivity index (χ0n) is 12.4. The molecule has 3 heterocycles. The third-order valence-corrected chi connectivity index (χ3v) is 4.41. The number of rotatable bonds is 5. The van der Waals surface area contributed by atoms with Crippen molar-refractivity contribution in [3.8, 4) is 0 Å². The van der Waals surface area contributed by atoms with Crippen LogP contribution in [-0.2, 0) is 13.1 Å². The average Bonchev–Trinajstić information content (AvgIpc) is 2.86. The molecule has 0 unspecified atom stereocenters. The van der Waals surface area contributed by atoms with Crippen LogP contribution < -0.4 is 0 Å². The van der Waals surface area contributed by atoms with Gasteiger partial charge in [0.15, 0.2) is 0 Å². The lowest BCUT2D eigenvalue weighted by Gasteiger charge is -2.22. The molecule has 21 heavy (non-hydrogen) atoms. The van der Waals surface area contributed by atoms with E-state index in [1.54, 1.807) is 0 Å². The molecule has 2 aromatic rings. The summed E-state index contributed by atoms with van der Waals surface area (Å²) < 4.78 is 7.83. The molecule has 1 aliphatic heterocycles. The van der Waals surface area contributed by atoms with Gasteiger partial charge in [-0.05, 0) is 44.7 Å². The Morgan fingerprint density at radius 3 is 2.95 bits per heavy atom. The molecule has 0 bridgehead atoms. The molecular weight excluding hydrogens is 266 g/mol. The molecule has 2 aromatic heterocycles. The molecular formula is C15H21N5O. The van der Waals surface area contributed by atoms with Gasteiger partial charge in [-0.1, -0.05) is 0 Å². The van der Waals surface area contributed by atoms with Crippen LogP contribution in [0.15, 0.2) is 16.8 Å². The van der Waals surface area contributed by atoms with E-state index < -0.39 is 0 Å². The summed E-state index contributed by atoms with van der Waals surface area (Å²) in [6.07, 6.45) is 8.86. The second-order valence-corrected chi connectivity index (χ2v) is 6.31. The summed E-state index contributed by atoms with van der Waals surface area (Å²) in [4.78, 5) is 2.45. The highest BCUT2D eigenvalue weighted by Gasteiger charge is 2.31. The quantitative estimate of drug-likeness (QED) is 0.843. The van der Waals surface area contributed by atoms with Gasteiger partial charge in [-0.3, -0.25) is 9.58 Å². The second-order valence-electron chi connectivity index (χ2n) is 6.31. The predicted octanol–water partition coefficient (Wildman–Crippen LogP) is 2.12. The highest BCUT2D eigenvalue weighted by Crippen LogP contribution is 2.39. The third-order valence-electron chi connectivity index (χ3n) is 4.41. The van der Waals surface area contributed by atoms with E-state index >= 15 is 0 Å². The topological polar surface area (TPSA) is 60.0 Å². The lowest BCUT2D eigenvalue weighted by atomic mass is 10.2. The van der Waals surface area contributed by atoms with Crippen LogP contribution in [0.25, 0.3) is 0 Å². The Morgan fingerprint density at radius 1 is 1.29 bits per heavy atom. The maximum Gasteiger partial charge on any atom is 0.230 e. The minimum Gasteiger partial charge on any atom is -0.424 e. The van der Waals surface area contributed by atoms with Gasteiger partial charge in [0.25, 0.3) is 0 Å². The molecule has 0 N–H and O–H groups in total. The molecule has 112 valence electrons. The Morgan fingerprint density at radius 2 is 2.19 bits per heavy atom. The minimum atomic E-state index is 0.514. The molecule has 4 rings (SSSR count). The van der Waals surface area contributed by atoms with Gasteiger partial charge in [0, 0.05) is 18.2 Å². The van der Waals surface area contributed by atoms with Gasteiger partial charge in [-0.2, -0.15) is 5.10 Å². The summed E-state index contributed by atoms with van der Waals surface area (Å²) in [5.41, 5.74) is 1.21. The van der Waals surface area contributed by atoms with Gasteiger partial charge in [0.2, 0.25) is 11.8 Å². The highest BCUT2D eigenvalue weighted by atomic mass is 16.4. The molecule has 1 saturated carbocycles. The third kappa shape index (κ3) is 2.85. The second kappa shape index (κ2) is 5.26. The van der Waals surface area contributed by atoms with E-state index in [0.29, 0.717) is 12.0 Å². The van der Waals surface area contributed by atoms with Crippen molar-refractivity contribution in [1.82, 2.24) is 24.9 Å². The Balaban J connectivity index is 1.40. The molecule has 0 amide bonds. The van der Waals surface area contributed by atoms with Gasteiger partial charge in [0.05, 0.1) is 19.3 Å². The monoisotopic (exact) mass is 287 g/mol. The molecule has 6 nitrogen and oxygen atoms in total. The molecule has 0 spiro atoms. The minimum absolute atomic E-state index is 0.514. The Bertz CT molecular complexity index is 615. The maximum atomic E-state index is 5.79. The molecule has 1 aliphatic carbocycles. The van der Waals surface area contributed by atoms with Crippen molar-refractivity contribution in [2.24, 2.45) is 0 Å². The fourth-order valence-electron chi connectivity index (χ4n) is 3.09. The van der Waals surface area contributed by atoms with E-state index in [9.17, 15) is 0 Å². The standard InChI is InChI=1S/C15H21N5O/c1-11-7-16-20(8-11)9-13-3-2-6-19(13)10-14-17-18-15(21-14)12-4-5-12/h7-8,12-13H,2-6,9-10H2,1H3/t13-/m0/s1. The van der Waals surface area contributed by atoms with Crippen molar-refractivity contribution >= 4 is 0 Å². The lowest BCUT2D eigenvalue weighted by Crippen LogP contribution is -2.32. The van der Waals surface area contributed by atoms with Gasteiger partial charge in [-0.15, -0.1) is 10.2 Å². The molecule has 0 aromatic carbocycles. The number of hydrogen-bond acceptors (Lipinski definition) is 5. The first-order valence-electron chi connectivity index (χ1n) is 7.83. The zero-order chi connectivity index (χ0) is 14.2. The number of aryl methyl sites for hydroxylation is 1. The zero-order valence-corrected chi connectivity index (χ0v) is 12.4. The summed E-state index contributed by atoms with van der Waals surface area (Å²) in [7, 11) is 0. The smallest absolute Gasteiger partial charge is 0.230 e. The van der Waals surface area contributed by atoms with Crippen molar-refractivity contribution in [1.29, 1.82) is 0 Å². The predicted molar refractivity (Wildman–Crippen MR) is 76.7 cm³/mol. The van der Waals surface area contributed by atoms with Crippen molar-refractivity contribution in [3.63, 3.8) is 0 Å². The first kappa shape index (κ1) is 13.0. The summed E-state index contributed by atoms with van der Waals surface area (Å²) >= 11 is 0. The van der Waals surface area contributed by atoms with E-state index in [4.69, 9.17) is 4.42 Å². The van der Waals surface area contributed by atoms with E-state index in [1.165, 1.54) is 31.2 Å². The number of hydrogen-bond donors (Lipinski definition) is 0. The van der Waals surface area contributed by atoms with Gasteiger partial charge < -0.3 is 4.42 Å². The van der Waals surface area contributed by atoms with Crippen LogP contribution in [0.2, 0.25) is 0 Å². The van der Waals surface area contributed by atoms with Crippen molar-refractivity contribution < 1.29 is 4.42 Å². The molecule has 1 saturated heterocycles. The fourth-order valence-corrected chi connectivity index (χ4v) is 3.09. The van der Waals surface area contributed by atoms with E-state index in [0.717, 1.165) is 31.4 Å². The highest BCUT2D eigenvalue weighted by molar-refractivity contribution is 5.01. The molecule has 2 aliphatic rings. The first-order chi connectivity index (χ1) is 10.3. The molecule has 6 heteroatoms. The van der Waals surface area contributed by atoms with E-state index in [2.05, 4.69) is 33.3 Å². The summed E-state index contributed by atoms with van der Waals surface area (Å²) in [5, 5.41) is 12.8. The number of likely N-dealkylation sites (tertiary alicyclic amines) is 1. The van der Waals surface area contributed by atoms with E-state index in [-0.39, 0.29) is 0 Å². The van der Waals surface area contributed by atoms with Gasteiger partial charge in [0.1, 0.15) is 0 Å².